The molecule has 0 N–H and O–H groups in total. The van der Waals surface area contributed by atoms with E-state index in [0.717, 1.165) is 28.2 Å². The van der Waals surface area contributed by atoms with Gasteiger partial charge < -0.3 is 9.30 Å². The van der Waals surface area contributed by atoms with Crippen LogP contribution in [0.25, 0.3) is 11.0 Å². The first-order chi connectivity index (χ1) is 9.71. The number of imidazole rings is 1. The van der Waals surface area contributed by atoms with Crippen LogP contribution in [0, 0.1) is 0 Å². The van der Waals surface area contributed by atoms with Gasteiger partial charge in [-0.2, -0.15) is 5.10 Å². The minimum absolute atomic E-state index is 0.372. The minimum Gasteiger partial charge on any atom is -0.497 e. The van der Waals surface area contributed by atoms with Crippen LogP contribution in [0.5, 0.6) is 5.75 Å². The number of fused-ring (bicyclic) bond motifs is 1. The van der Waals surface area contributed by atoms with E-state index >= 15 is 0 Å². The van der Waals surface area contributed by atoms with Gasteiger partial charge in [-0.05, 0) is 12.1 Å². The van der Waals surface area contributed by atoms with E-state index in [4.69, 9.17) is 16.3 Å². The lowest BCUT2D eigenvalue weighted by Gasteiger charge is -2.06. The van der Waals surface area contributed by atoms with Gasteiger partial charge in [-0.15, -0.1) is 11.6 Å². The van der Waals surface area contributed by atoms with E-state index in [1.54, 1.807) is 11.8 Å². The van der Waals surface area contributed by atoms with Crippen molar-refractivity contribution < 1.29 is 4.74 Å². The highest BCUT2D eigenvalue weighted by molar-refractivity contribution is 6.16. The third-order valence-electron chi connectivity index (χ3n) is 3.25. The average Bonchev–Trinajstić information content (AvgIpc) is 3.03. The predicted octanol–water partition coefficient (Wildman–Crippen LogP) is 2.57. The summed E-state index contributed by atoms with van der Waals surface area (Å²) in [4.78, 5) is 4.56. The van der Waals surface area contributed by atoms with Crippen molar-refractivity contribution >= 4 is 22.6 Å². The fourth-order valence-electron chi connectivity index (χ4n) is 2.29. The fourth-order valence-corrected chi connectivity index (χ4v) is 2.50. The van der Waals surface area contributed by atoms with Crippen molar-refractivity contribution in [2.24, 2.45) is 7.05 Å². The first-order valence-corrected chi connectivity index (χ1v) is 6.81. The lowest BCUT2D eigenvalue weighted by Crippen LogP contribution is -2.03. The topological polar surface area (TPSA) is 44.9 Å². The average molecular weight is 291 g/mol. The normalized spacial score (nSPS) is 11.2. The first kappa shape index (κ1) is 13.0. The third-order valence-corrected chi connectivity index (χ3v) is 3.49. The molecule has 0 aliphatic carbocycles. The molecule has 0 amide bonds. The molecule has 2 aromatic heterocycles. The highest BCUT2D eigenvalue weighted by atomic mass is 35.5. The zero-order valence-electron chi connectivity index (χ0n) is 11.4. The standard InChI is InChI=1S/C14H15ClN4O/c1-18-8-10(7-16-18)9-19-13-5-11(20-2)3-4-12(13)17-14(19)6-15/h3-5,7-8H,6,9H2,1-2H3. The molecule has 3 rings (SSSR count). The number of alkyl halides is 1. The predicted molar refractivity (Wildman–Crippen MR) is 78.2 cm³/mol. The second-order valence-electron chi connectivity index (χ2n) is 4.62. The summed E-state index contributed by atoms with van der Waals surface area (Å²) in [6.45, 7) is 0.694. The molecule has 0 fully saturated rings. The molecule has 3 aromatic rings. The molecule has 2 heterocycles. The largest absolute Gasteiger partial charge is 0.497 e. The Balaban J connectivity index is 2.10. The lowest BCUT2D eigenvalue weighted by atomic mass is 10.3. The number of aromatic nitrogens is 4. The second-order valence-corrected chi connectivity index (χ2v) is 4.89. The van der Waals surface area contributed by atoms with Crippen LogP contribution in [-0.2, 0) is 19.5 Å². The summed E-state index contributed by atoms with van der Waals surface area (Å²) in [5, 5.41) is 4.19. The summed E-state index contributed by atoms with van der Waals surface area (Å²) in [5.41, 5.74) is 3.05. The second kappa shape index (κ2) is 5.17. The van der Waals surface area contributed by atoms with Gasteiger partial charge >= 0.3 is 0 Å². The molecule has 0 spiro atoms. The van der Waals surface area contributed by atoms with Crippen LogP contribution in [0.1, 0.15) is 11.4 Å². The number of hydrogen-bond donors (Lipinski definition) is 0. The fraction of sp³-hybridized carbons (Fsp3) is 0.286. The maximum atomic E-state index is 6.01. The SMILES string of the molecule is COc1ccc2nc(CCl)n(Cc3cnn(C)c3)c2c1. The van der Waals surface area contributed by atoms with Crippen molar-refractivity contribution in [1.82, 2.24) is 19.3 Å². The Morgan fingerprint density at radius 1 is 1.35 bits per heavy atom. The highest BCUT2D eigenvalue weighted by Gasteiger charge is 2.12. The quantitative estimate of drug-likeness (QED) is 0.694. The third kappa shape index (κ3) is 2.25. The van der Waals surface area contributed by atoms with Crippen molar-refractivity contribution in [3.8, 4) is 5.75 Å². The number of aryl methyl sites for hydroxylation is 1. The molecule has 0 bridgehead atoms. The van der Waals surface area contributed by atoms with E-state index in [1.807, 2.05) is 37.6 Å². The Morgan fingerprint density at radius 2 is 2.20 bits per heavy atom. The number of benzene rings is 1. The molecule has 0 aliphatic heterocycles. The number of hydrogen-bond acceptors (Lipinski definition) is 3. The molecule has 104 valence electrons. The summed E-state index contributed by atoms with van der Waals surface area (Å²) < 4.78 is 9.17. The van der Waals surface area contributed by atoms with Crippen LogP contribution in [0.3, 0.4) is 0 Å². The van der Waals surface area contributed by atoms with Gasteiger partial charge in [-0.25, -0.2) is 4.98 Å². The zero-order chi connectivity index (χ0) is 14.1. The van der Waals surface area contributed by atoms with Crippen molar-refractivity contribution in [2.75, 3.05) is 7.11 Å². The Bertz CT molecular complexity index is 747. The molecule has 6 heteroatoms. The number of halogens is 1. The number of nitrogens with zero attached hydrogens (tertiary/aromatic N) is 4. The number of ether oxygens (including phenoxy) is 1. The van der Waals surface area contributed by atoms with Crippen LogP contribution in [-0.4, -0.2) is 26.4 Å². The van der Waals surface area contributed by atoms with E-state index < -0.39 is 0 Å². The molecule has 0 saturated heterocycles. The molecule has 20 heavy (non-hydrogen) atoms. The summed E-state index contributed by atoms with van der Waals surface area (Å²) in [6.07, 6.45) is 3.84. The van der Waals surface area contributed by atoms with E-state index in [-0.39, 0.29) is 0 Å². The maximum absolute atomic E-state index is 6.01. The van der Waals surface area contributed by atoms with Crippen molar-refractivity contribution in [2.45, 2.75) is 12.4 Å². The Hall–Kier alpha value is -2.01. The van der Waals surface area contributed by atoms with Crippen molar-refractivity contribution in [1.29, 1.82) is 0 Å². The Labute approximate surface area is 121 Å². The van der Waals surface area contributed by atoms with Gasteiger partial charge in [-0.3, -0.25) is 4.68 Å². The monoisotopic (exact) mass is 290 g/mol. The maximum Gasteiger partial charge on any atom is 0.125 e. The van der Waals surface area contributed by atoms with Gasteiger partial charge in [0.1, 0.15) is 11.6 Å². The van der Waals surface area contributed by atoms with E-state index in [9.17, 15) is 0 Å². The van der Waals surface area contributed by atoms with Gasteiger partial charge in [0.15, 0.2) is 0 Å². The van der Waals surface area contributed by atoms with Crippen molar-refractivity contribution in [3.05, 3.63) is 42.0 Å². The van der Waals surface area contributed by atoms with Gasteiger partial charge in [0, 0.05) is 24.9 Å². The summed E-state index contributed by atoms with van der Waals surface area (Å²) >= 11 is 6.01. The Morgan fingerprint density at radius 3 is 2.85 bits per heavy atom. The highest BCUT2D eigenvalue weighted by Crippen LogP contribution is 2.23. The molecule has 5 nitrogen and oxygen atoms in total. The molecular weight excluding hydrogens is 276 g/mol. The molecule has 0 radical (unpaired) electrons. The molecule has 0 unspecified atom stereocenters. The van der Waals surface area contributed by atoms with Crippen LogP contribution in [0.15, 0.2) is 30.6 Å². The molecule has 0 aliphatic rings. The minimum atomic E-state index is 0.372. The summed E-state index contributed by atoms with van der Waals surface area (Å²) in [6, 6.07) is 5.83. The van der Waals surface area contributed by atoms with Crippen LogP contribution < -0.4 is 4.74 Å². The lowest BCUT2D eigenvalue weighted by molar-refractivity contribution is 0.415. The van der Waals surface area contributed by atoms with Crippen LogP contribution >= 0.6 is 11.6 Å². The number of methoxy groups -OCH3 is 1. The molecule has 0 atom stereocenters. The summed E-state index contributed by atoms with van der Waals surface area (Å²) in [5.74, 6) is 2.03. The molecule has 1 aromatic carbocycles. The smallest absolute Gasteiger partial charge is 0.125 e. The molecular formula is C14H15ClN4O. The zero-order valence-corrected chi connectivity index (χ0v) is 12.1. The van der Waals surface area contributed by atoms with Crippen LogP contribution in [0.4, 0.5) is 0 Å². The molecule has 0 saturated carbocycles. The van der Waals surface area contributed by atoms with Gasteiger partial charge in [0.2, 0.25) is 0 Å². The van der Waals surface area contributed by atoms with Crippen LogP contribution in [0.2, 0.25) is 0 Å². The van der Waals surface area contributed by atoms with Gasteiger partial charge in [0.05, 0.1) is 36.8 Å². The van der Waals surface area contributed by atoms with E-state index in [2.05, 4.69) is 14.6 Å². The summed E-state index contributed by atoms with van der Waals surface area (Å²) in [7, 11) is 3.56. The van der Waals surface area contributed by atoms with Gasteiger partial charge in [0.25, 0.3) is 0 Å². The van der Waals surface area contributed by atoms with Crippen molar-refractivity contribution in [3.63, 3.8) is 0 Å². The van der Waals surface area contributed by atoms with E-state index in [1.165, 1.54) is 0 Å². The first-order valence-electron chi connectivity index (χ1n) is 6.28. The Kier molecular flexibility index (Phi) is 3.36. The number of rotatable bonds is 4. The van der Waals surface area contributed by atoms with E-state index in [0.29, 0.717) is 12.4 Å². The van der Waals surface area contributed by atoms with Gasteiger partial charge in [-0.1, -0.05) is 0 Å².